The number of nitrogens with zero attached hydrogens (tertiary/aromatic N) is 3. The third-order valence-electron chi connectivity index (χ3n) is 4.42. The standard InChI is InChI=1S/C19H17BrFN3O2S/c20-13-1-6-16-17(11-13)27-19(22-16)24-9-7-23(8-10-24)18(25)12-26-15-4-2-14(21)3-5-15/h1-6,11H,7-10,12H2. The topological polar surface area (TPSA) is 45.7 Å². The summed E-state index contributed by atoms with van der Waals surface area (Å²) in [5.41, 5.74) is 0.990. The van der Waals surface area contributed by atoms with Crippen molar-refractivity contribution < 1.29 is 13.9 Å². The zero-order valence-corrected chi connectivity index (χ0v) is 16.8. The number of fused-ring (bicyclic) bond motifs is 1. The number of hydrogen-bond donors (Lipinski definition) is 0. The average Bonchev–Trinajstić information content (AvgIpc) is 3.10. The summed E-state index contributed by atoms with van der Waals surface area (Å²) in [5.74, 6) is 0.100. The van der Waals surface area contributed by atoms with Crippen molar-refractivity contribution in [2.24, 2.45) is 0 Å². The minimum absolute atomic E-state index is 0.0409. The van der Waals surface area contributed by atoms with Crippen molar-refractivity contribution in [1.82, 2.24) is 9.88 Å². The van der Waals surface area contributed by atoms with Gasteiger partial charge in [0.2, 0.25) is 0 Å². The molecule has 140 valence electrons. The second kappa shape index (κ2) is 7.82. The number of carbonyl (C=O) groups is 1. The highest BCUT2D eigenvalue weighted by molar-refractivity contribution is 9.10. The van der Waals surface area contributed by atoms with Crippen LogP contribution < -0.4 is 9.64 Å². The van der Waals surface area contributed by atoms with Crippen molar-refractivity contribution in [3.05, 3.63) is 52.8 Å². The summed E-state index contributed by atoms with van der Waals surface area (Å²) in [5, 5.41) is 0.984. The average molecular weight is 450 g/mol. The van der Waals surface area contributed by atoms with Gasteiger partial charge in [0.25, 0.3) is 5.91 Å². The third kappa shape index (κ3) is 4.22. The van der Waals surface area contributed by atoms with E-state index in [1.807, 2.05) is 12.1 Å². The molecule has 0 bridgehead atoms. The van der Waals surface area contributed by atoms with E-state index in [0.717, 1.165) is 32.9 Å². The number of anilines is 1. The van der Waals surface area contributed by atoms with E-state index in [1.54, 1.807) is 16.2 Å². The predicted molar refractivity (Wildman–Crippen MR) is 108 cm³/mol. The summed E-state index contributed by atoms with van der Waals surface area (Å²) in [6, 6.07) is 11.7. The number of rotatable bonds is 4. The fourth-order valence-electron chi connectivity index (χ4n) is 2.94. The third-order valence-corrected chi connectivity index (χ3v) is 5.99. The van der Waals surface area contributed by atoms with Gasteiger partial charge < -0.3 is 14.5 Å². The van der Waals surface area contributed by atoms with Crippen LogP contribution in [0.15, 0.2) is 46.9 Å². The van der Waals surface area contributed by atoms with Crippen LogP contribution in [0, 0.1) is 5.82 Å². The Labute approximate surface area is 168 Å². The predicted octanol–water partition coefficient (Wildman–Crippen LogP) is 3.93. The molecule has 0 aliphatic carbocycles. The van der Waals surface area contributed by atoms with Gasteiger partial charge in [-0.15, -0.1) is 0 Å². The molecule has 0 spiro atoms. The molecule has 2 heterocycles. The number of thiazole rings is 1. The zero-order chi connectivity index (χ0) is 18.8. The molecule has 0 saturated carbocycles. The van der Waals surface area contributed by atoms with Crippen molar-refractivity contribution in [3.8, 4) is 5.75 Å². The van der Waals surface area contributed by atoms with Gasteiger partial charge in [-0.3, -0.25) is 4.79 Å². The second-order valence-corrected chi connectivity index (χ2v) is 8.14. The number of benzene rings is 2. The largest absolute Gasteiger partial charge is 0.484 e. The number of ether oxygens (including phenoxy) is 1. The maximum Gasteiger partial charge on any atom is 0.260 e. The quantitative estimate of drug-likeness (QED) is 0.605. The Balaban J connectivity index is 1.32. The molecule has 1 saturated heterocycles. The fourth-order valence-corrected chi connectivity index (χ4v) is 4.50. The van der Waals surface area contributed by atoms with E-state index in [9.17, 15) is 9.18 Å². The Hall–Kier alpha value is -2.19. The van der Waals surface area contributed by atoms with Gasteiger partial charge in [-0.1, -0.05) is 27.3 Å². The molecule has 1 amide bonds. The minimum Gasteiger partial charge on any atom is -0.484 e. The Kier molecular flexibility index (Phi) is 5.27. The lowest BCUT2D eigenvalue weighted by Crippen LogP contribution is -2.50. The van der Waals surface area contributed by atoms with Crippen LogP contribution in [0.4, 0.5) is 9.52 Å². The Morgan fingerprint density at radius 2 is 1.89 bits per heavy atom. The first-order chi connectivity index (χ1) is 13.1. The van der Waals surface area contributed by atoms with Crippen LogP contribution in [0.5, 0.6) is 5.75 Å². The fraction of sp³-hybridized carbons (Fsp3) is 0.263. The molecule has 3 aromatic rings. The van der Waals surface area contributed by atoms with E-state index in [2.05, 4.69) is 26.9 Å². The number of halogens is 2. The molecule has 1 fully saturated rings. The molecule has 0 unspecified atom stereocenters. The summed E-state index contributed by atoms with van der Waals surface area (Å²) in [7, 11) is 0. The van der Waals surface area contributed by atoms with Crippen molar-refractivity contribution >= 4 is 48.5 Å². The van der Waals surface area contributed by atoms with Crippen molar-refractivity contribution in [3.63, 3.8) is 0 Å². The first kappa shape index (κ1) is 18.2. The highest BCUT2D eigenvalue weighted by Crippen LogP contribution is 2.31. The van der Waals surface area contributed by atoms with Crippen LogP contribution in [0.2, 0.25) is 0 Å². The molecule has 4 rings (SSSR count). The smallest absolute Gasteiger partial charge is 0.260 e. The number of aromatic nitrogens is 1. The van der Waals surface area contributed by atoms with Crippen LogP contribution in [0.3, 0.4) is 0 Å². The van der Waals surface area contributed by atoms with Crippen LogP contribution in [-0.4, -0.2) is 48.6 Å². The molecule has 5 nitrogen and oxygen atoms in total. The maximum atomic E-state index is 12.9. The van der Waals surface area contributed by atoms with Gasteiger partial charge in [-0.05, 0) is 42.5 Å². The molecule has 1 aliphatic rings. The molecule has 2 aromatic carbocycles. The zero-order valence-electron chi connectivity index (χ0n) is 14.4. The lowest BCUT2D eigenvalue weighted by Gasteiger charge is -2.34. The maximum absolute atomic E-state index is 12.9. The summed E-state index contributed by atoms with van der Waals surface area (Å²) < 4.78 is 20.5. The van der Waals surface area contributed by atoms with E-state index in [1.165, 1.54) is 24.3 Å². The SMILES string of the molecule is O=C(COc1ccc(F)cc1)N1CCN(c2nc3ccc(Br)cc3s2)CC1. The molecular weight excluding hydrogens is 433 g/mol. The monoisotopic (exact) mass is 449 g/mol. The number of hydrogen-bond acceptors (Lipinski definition) is 5. The van der Waals surface area contributed by atoms with E-state index >= 15 is 0 Å². The lowest BCUT2D eigenvalue weighted by molar-refractivity contribution is -0.133. The van der Waals surface area contributed by atoms with Crippen LogP contribution in [0.1, 0.15) is 0 Å². The second-order valence-electron chi connectivity index (χ2n) is 6.22. The number of carbonyl (C=O) groups excluding carboxylic acids is 1. The Morgan fingerprint density at radius 3 is 2.63 bits per heavy atom. The normalized spacial score (nSPS) is 14.6. The van der Waals surface area contributed by atoms with Crippen LogP contribution >= 0.6 is 27.3 Å². The van der Waals surface area contributed by atoms with E-state index in [4.69, 9.17) is 9.72 Å². The number of amides is 1. The van der Waals surface area contributed by atoms with Gasteiger partial charge >= 0.3 is 0 Å². The van der Waals surface area contributed by atoms with E-state index < -0.39 is 0 Å². The highest BCUT2D eigenvalue weighted by Gasteiger charge is 2.23. The van der Waals surface area contributed by atoms with Crippen molar-refractivity contribution in [2.45, 2.75) is 0 Å². The summed E-state index contributed by atoms with van der Waals surface area (Å²) in [4.78, 5) is 21.1. The molecular formula is C19H17BrFN3O2S. The van der Waals surface area contributed by atoms with Crippen LogP contribution in [0.25, 0.3) is 10.2 Å². The Bertz CT molecular complexity index is 955. The van der Waals surface area contributed by atoms with Crippen molar-refractivity contribution in [1.29, 1.82) is 0 Å². The Morgan fingerprint density at radius 1 is 1.15 bits per heavy atom. The van der Waals surface area contributed by atoms with Gasteiger partial charge in [0, 0.05) is 30.7 Å². The van der Waals surface area contributed by atoms with Crippen LogP contribution in [-0.2, 0) is 4.79 Å². The first-order valence-electron chi connectivity index (χ1n) is 8.56. The van der Waals surface area contributed by atoms with Gasteiger partial charge in [-0.25, -0.2) is 9.37 Å². The molecule has 1 aliphatic heterocycles. The highest BCUT2D eigenvalue weighted by atomic mass is 79.9. The summed E-state index contributed by atoms with van der Waals surface area (Å²) >= 11 is 5.15. The summed E-state index contributed by atoms with van der Waals surface area (Å²) in [6.45, 7) is 2.70. The first-order valence-corrected chi connectivity index (χ1v) is 10.2. The molecule has 8 heteroatoms. The number of piperazine rings is 1. The van der Waals surface area contributed by atoms with Crippen molar-refractivity contribution in [2.75, 3.05) is 37.7 Å². The molecule has 0 N–H and O–H groups in total. The minimum atomic E-state index is -0.327. The van der Waals surface area contributed by atoms with E-state index in [-0.39, 0.29) is 18.3 Å². The van der Waals surface area contributed by atoms with Gasteiger partial charge in [0.15, 0.2) is 11.7 Å². The molecule has 27 heavy (non-hydrogen) atoms. The van der Waals surface area contributed by atoms with Gasteiger partial charge in [0.05, 0.1) is 10.2 Å². The lowest BCUT2D eigenvalue weighted by atomic mass is 10.3. The van der Waals surface area contributed by atoms with E-state index in [0.29, 0.717) is 18.8 Å². The van der Waals surface area contributed by atoms with Gasteiger partial charge in [-0.2, -0.15) is 0 Å². The molecule has 0 atom stereocenters. The molecule has 1 aromatic heterocycles. The summed E-state index contributed by atoms with van der Waals surface area (Å²) in [6.07, 6.45) is 0. The molecule has 0 radical (unpaired) electrons. The van der Waals surface area contributed by atoms with Gasteiger partial charge in [0.1, 0.15) is 11.6 Å².